The van der Waals surface area contributed by atoms with Crippen molar-refractivity contribution in [2.24, 2.45) is 5.10 Å². The molecule has 2 aromatic rings. The van der Waals surface area contributed by atoms with Gasteiger partial charge in [0.25, 0.3) is 5.95 Å². The molecule has 0 unspecified atom stereocenters. The van der Waals surface area contributed by atoms with Crippen molar-refractivity contribution in [3.8, 4) is 11.5 Å². The lowest BCUT2D eigenvalue weighted by Crippen LogP contribution is -2.00. The van der Waals surface area contributed by atoms with Crippen molar-refractivity contribution in [2.45, 2.75) is 6.92 Å². The van der Waals surface area contributed by atoms with Crippen LogP contribution in [0.4, 0.5) is 5.95 Å². The van der Waals surface area contributed by atoms with Gasteiger partial charge in [0.1, 0.15) is 0 Å². The predicted molar refractivity (Wildman–Crippen MR) is 69.5 cm³/mol. The van der Waals surface area contributed by atoms with E-state index in [1.165, 1.54) is 12.3 Å². The molecule has 9 heteroatoms. The Kier molecular flexibility index (Phi) is 3.81. The number of phenols is 1. The Bertz CT molecular complexity index is 612. The number of halogens is 1. The molecule has 0 amide bonds. The molecule has 0 atom stereocenters. The molecule has 0 fully saturated rings. The minimum atomic E-state index is -0.109. The van der Waals surface area contributed by atoms with Gasteiger partial charge in [-0.05, 0) is 29.5 Å². The Morgan fingerprint density at radius 3 is 3.00 bits per heavy atom. The molecule has 0 saturated carbocycles. The fourth-order valence-corrected chi connectivity index (χ4v) is 1.55. The highest BCUT2D eigenvalue weighted by atomic mass is 35.5. The molecule has 0 spiro atoms. The number of hydrogen-bond donors (Lipinski definition) is 2. The molecule has 3 N–H and O–H groups in total. The quantitative estimate of drug-likeness (QED) is 0.806. The molecule has 0 aliphatic rings. The molecular weight excluding hydrogens is 272 g/mol. The second-order valence-electron chi connectivity index (χ2n) is 3.45. The molecule has 1 aromatic carbocycles. The van der Waals surface area contributed by atoms with Crippen LogP contribution in [0.1, 0.15) is 12.5 Å². The molecule has 0 radical (unpaired) electrons. The number of tetrazole rings is 1. The second-order valence-corrected chi connectivity index (χ2v) is 3.86. The van der Waals surface area contributed by atoms with E-state index in [0.29, 0.717) is 12.2 Å². The van der Waals surface area contributed by atoms with E-state index in [2.05, 4.69) is 20.6 Å². The van der Waals surface area contributed by atoms with Crippen LogP contribution < -0.4 is 10.5 Å². The molecule has 8 nitrogen and oxygen atoms in total. The summed E-state index contributed by atoms with van der Waals surface area (Å²) >= 11 is 5.88. The Labute approximate surface area is 113 Å². The van der Waals surface area contributed by atoms with E-state index in [0.717, 1.165) is 4.79 Å². The zero-order valence-corrected chi connectivity index (χ0v) is 10.7. The van der Waals surface area contributed by atoms with Crippen molar-refractivity contribution in [1.82, 2.24) is 20.3 Å². The maximum Gasteiger partial charge on any atom is 0.263 e. The monoisotopic (exact) mass is 282 g/mol. The van der Waals surface area contributed by atoms with Crippen LogP contribution in [-0.2, 0) is 0 Å². The van der Waals surface area contributed by atoms with Crippen LogP contribution >= 0.6 is 11.6 Å². The fraction of sp³-hybridized carbons (Fsp3) is 0.200. The number of anilines is 1. The summed E-state index contributed by atoms with van der Waals surface area (Å²) in [4.78, 5) is 1.06. The zero-order chi connectivity index (χ0) is 13.8. The lowest BCUT2D eigenvalue weighted by Gasteiger charge is -2.07. The van der Waals surface area contributed by atoms with E-state index in [4.69, 9.17) is 22.1 Å². The van der Waals surface area contributed by atoms with Crippen molar-refractivity contribution in [2.75, 3.05) is 12.3 Å². The molecular formula is C10H11ClN6O2. The highest BCUT2D eigenvalue weighted by molar-refractivity contribution is 6.32. The first-order valence-corrected chi connectivity index (χ1v) is 5.73. The van der Waals surface area contributed by atoms with Gasteiger partial charge in [-0.3, -0.25) is 0 Å². The standard InChI is InChI=1S/C10H11ClN6O2/c1-2-19-8-4-6(3-7(11)9(8)18)5-13-17-10(12)14-15-16-17/h3-5,18H,2H2,1H3,(H2,12,14,16). The maximum absolute atomic E-state index is 9.69. The van der Waals surface area contributed by atoms with Crippen LogP contribution in [0, 0.1) is 0 Å². The van der Waals surface area contributed by atoms with Crippen LogP contribution in [0.25, 0.3) is 0 Å². The highest BCUT2D eigenvalue weighted by Gasteiger charge is 2.08. The summed E-state index contributed by atoms with van der Waals surface area (Å²) in [6.07, 6.45) is 1.44. The first-order valence-electron chi connectivity index (χ1n) is 5.35. The highest BCUT2D eigenvalue weighted by Crippen LogP contribution is 2.34. The van der Waals surface area contributed by atoms with Crippen molar-refractivity contribution >= 4 is 23.8 Å². The van der Waals surface area contributed by atoms with Gasteiger partial charge in [-0.15, -0.1) is 0 Å². The number of ether oxygens (including phenoxy) is 1. The van der Waals surface area contributed by atoms with E-state index < -0.39 is 0 Å². The van der Waals surface area contributed by atoms with Crippen LogP contribution in [0.5, 0.6) is 11.5 Å². The van der Waals surface area contributed by atoms with E-state index in [1.807, 2.05) is 0 Å². The zero-order valence-electron chi connectivity index (χ0n) is 9.99. The number of phenolic OH excluding ortho intramolecular Hbond substituents is 1. The van der Waals surface area contributed by atoms with Gasteiger partial charge in [-0.25, -0.2) is 0 Å². The second kappa shape index (κ2) is 5.53. The van der Waals surface area contributed by atoms with Crippen molar-refractivity contribution in [3.63, 3.8) is 0 Å². The van der Waals surface area contributed by atoms with Crippen molar-refractivity contribution in [3.05, 3.63) is 22.7 Å². The smallest absolute Gasteiger partial charge is 0.263 e. The number of aromatic hydroxyl groups is 1. The van der Waals surface area contributed by atoms with E-state index in [9.17, 15) is 5.11 Å². The molecule has 1 heterocycles. The van der Waals surface area contributed by atoms with Gasteiger partial charge < -0.3 is 15.6 Å². The lowest BCUT2D eigenvalue weighted by molar-refractivity contribution is 0.318. The summed E-state index contributed by atoms with van der Waals surface area (Å²) < 4.78 is 5.25. The average molecular weight is 283 g/mol. The predicted octanol–water partition coefficient (Wildman–Crippen LogP) is 0.895. The van der Waals surface area contributed by atoms with Gasteiger partial charge in [-0.1, -0.05) is 21.5 Å². The topological polar surface area (TPSA) is 111 Å². The third-order valence-corrected chi connectivity index (χ3v) is 2.43. The minimum absolute atomic E-state index is 0.0613. The molecule has 0 aliphatic carbocycles. The van der Waals surface area contributed by atoms with Gasteiger partial charge >= 0.3 is 0 Å². The summed E-state index contributed by atoms with van der Waals surface area (Å²) in [6.45, 7) is 2.21. The summed E-state index contributed by atoms with van der Waals surface area (Å²) in [5.41, 5.74) is 6.07. The van der Waals surface area contributed by atoms with Gasteiger partial charge in [0.2, 0.25) is 0 Å². The first-order chi connectivity index (χ1) is 9.11. The third kappa shape index (κ3) is 2.91. The van der Waals surface area contributed by atoms with Gasteiger partial charge in [0.15, 0.2) is 11.5 Å². The third-order valence-electron chi connectivity index (χ3n) is 2.14. The summed E-state index contributed by atoms with van der Waals surface area (Å²) in [5.74, 6) is 0.231. The first kappa shape index (κ1) is 13.1. The molecule has 100 valence electrons. The van der Waals surface area contributed by atoms with Crippen LogP contribution in [0.3, 0.4) is 0 Å². The Morgan fingerprint density at radius 2 is 2.37 bits per heavy atom. The maximum atomic E-state index is 9.69. The van der Waals surface area contributed by atoms with Crippen LogP contribution in [0.15, 0.2) is 17.2 Å². The van der Waals surface area contributed by atoms with Gasteiger partial charge in [0, 0.05) is 5.56 Å². The molecule has 0 aliphatic heterocycles. The van der Waals surface area contributed by atoms with Crippen LogP contribution in [-0.4, -0.2) is 38.2 Å². The molecule has 0 saturated heterocycles. The number of nitrogen functional groups attached to an aromatic ring is 1. The number of aromatic nitrogens is 4. The van der Waals surface area contributed by atoms with Crippen molar-refractivity contribution in [1.29, 1.82) is 0 Å². The van der Waals surface area contributed by atoms with Crippen LogP contribution in [0.2, 0.25) is 5.02 Å². The van der Waals surface area contributed by atoms with Gasteiger partial charge in [-0.2, -0.15) is 5.10 Å². The normalized spacial score (nSPS) is 11.1. The molecule has 2 rings (SSSR count). The van der Waals surface area contributed by atoms with E-state index in [1.54, 1.807) is 13.0 Å². The Balaban J connectivity index is 2.30. The SMILES string of the molecule is CCOc1cc(C=Nn2nnnc2N)cc(Cl)c1O. The number of rotatable bonds is 4. The fourth-order valence-electron chi connectivity index (χ4n) is 1.33. The van der Waals surface area contributed by atoms with E-state index in [-0.39, 0.29) is 22.5 Å². The molecule has 1 aromatic heterocycles. The average Bonchev–Trinajstić information content (AvgIpc) is 2.78. The molecule has 0 bridgehead atoms. The van der Waals surface area contributed by atoms with Gasteiger partial charge in [0.05, 0.1) is 17.8 Å². The number of nitrogens with zero attached hydrogens (tertiary/aromatic N) is 5. The lowest BCUT2D eigenvalue weighted by atomic mass is 10.2. The summed E-state index contributed by atoms with van der Waals surface area (Å²) in [6, 6.07) is 3.12. The number of nitrogens with two attached hydrogens (primary N) is 1. The summed E-state index contributed by atoms with van der Waals surface area (Å²) in [7, 11) is 0. The van der Waals surface area contributed by atoms with Crippen molar-refractivity contribution < 1.29 is 9.84 Å². The number of hydrogen-bond acceptors (Lipinski definition) is 7. The molecule has 19 heavy (non-hydrogen) atoms. The Morgan fingerprint density at radius 1 is 1.58 bits per heavy atom. The largest absolute Gasteiger partial charge is 0.503 e. The minimum Gasteiger partial charge on any atom is -0.503 e. The summed E-state index contributed by atoms with van der Waals surface area (Å²) in [5, 5.41) is 24.2. The number of benzene rings is 1. The van der Waals surface area contributed by atoms with E-state index >= 15 is 0 Å². The Hall–Kier alpha value is -2.35.